The van der Waals surface area contributed by atoms with Gasteiger partial charge >= 0.3 is 6.09 Å². The number of nitrogens with zero attached hydrogens (tertiary/aromatic N) is 1. The van der Waals surface area contributed by atoms with Crippen molar-refractivity contribution < 1.29 is 9.53 Å². The monoisotopic (exact) mass is 346 g/mol. The van der Waals surface area contributed by atoms with Crippen LogP contribution in [0.25, 0.3) is 10.9 Å². The molecule has 1 N–H and O–H groups in total. The lowest BCUT2D eigenvalue weighted by Crippen LogP contribution is -2.28. The van der Waals surface area contributed by atoms with Crippen molar-refractivity contribution >= 4 is 34.4 Å². The van der Waals surface area contributed by atoms with E-state index in [1.165, 1.54) is 5.56 Å². The number of hydrogen-bond donors (Lipinski definition) is 1. The molecule has 0 spiro atoms. The third-order valence-electron chi connectivity index (χ3n) is 4.87. The van der Waals surface area contributed by atoms with Gasteiger partial charge in [-0.3, -0.25) is 5.32 Å². The zero-order chi connectivity index (χ0) is 17.3. The Labute approximate surface area is 147 Å². The average molecular weight is 347 g/mol. The van der Waals surface area contributed by atoms with E-state index in [0.29, 0.717) is 22.7 Å². The second-order valence-corrected chi connectivity index (χ2v) is 7.29. The number of benzene rings is 1. The highest BCUT2D eigenvalue weighted by Gasteiger charge is 2.22. The van der Waals surface area contributed by atoms with Gasteiger partial charge in [-0.05, 0) is 48.8 Å². The van der Waals surface area contributed by atoms with Crippen molar-refractivity contribution in [3.63, 3.8) is 0 Å². The first-order valence-electron chi connectivity index (χ1n) is 8.52. The zero-order valence-electron chi connectivity index (χ0n) is 14.3. The van der Waals surface area contributed by atoms with Crippen LogP contribution in [0.3, 0.4) is 0 Å². The number of hydrogen-bond acceptors (Lipinski definition) is 3. The molecule has 1 aliphatic carbocycles. The molecule has 1 aliphatic rings. The highest BCUT2D eigenvalue weighted by atomic mass is 35.5. The molecular formula is C19H23ClN2O2. The number of nitrogens with one attached hydrogen (secondary N) is 1. The van der Waals surface area contributed by atoms with Crippen molar-refractivity contribution in [1.29, 1.82) is 0 Å². The summed E-state index contributed by atoms with van der Waals surface area (Å²) >= 11 is 6.25. The second-order valence-electron chi connectivity index (χ2n) is 6.89. The third kappa shape index (κ3) is 3.64. The topological polar surface area (TPSA) is 51.2 Å². The number of carbonyl (C=O) groups is 1. The number of aromatic nitrogens is 1. The van der Waals surface area contributed by atoms with E-state index in [4.69, 9.17) is 16.3 Å². The van der Waals surface area contributed by atoms with Crippen molar-refractivity contribution in [3.8, 4) is 0 Å². The molecule has 1 aromatic heterocycles. The van der Waals surface area contributed by atoms with Gasteiger partial charge in [0.25, 0.3) is 0 Å². The van der Waals surface area contributed by atoms with E-state index >= 15 is 0 Å². The van der Waals surface area contributed by atoms with Gasteiger partial charge < -0.3 is 4.74 Å². The van der Waals surface area contributed by atoms with Gasteiger partial charge in [0.2, 0.25) is 0 Å². The Kier molecular flexibility index (Phi) is 4.95. The molecule has 1 amide bonds. The first kappa shape index (κ1) is 17.0. The van der Waals surface area contributed by atoms with Crippen LogP contribution in [0.15, 0.2) is 24.3 Å². The van der Waals surface area contributed by atoms with E-state index in [0.717, 1.165) is 30.2 Å². The summed E-state index contributed by atoms with van der Waals surface area (Å²) in [6.07, 6.45) is 2.53. The van der Waals surface area contributed by atoms with Gasteiger partial charge in [0.15, 0.2) is 5.82 Å². The molecule has 24 heavy (non-hydrogen) atoms. The Bertz CT molecular complexity index is 756. The van der Waals surface area contributed by atoms with Crippen molar-refractivity contribution in [1.82, 2.24) is 4.98 Å². The van der Waals surface area contributed by atoms with Crippen LogP contribution in [0.5, 0.6) is 0 Å². The lowest BCUT2D eigenvalue weighted by Gasteiger charge is -2.25. The third-order valence-corrected chi connectivity index (χ3v) is 5.16. The van der Waals surface area contributed by atoms with Gasteiger partial charge in [0.1, 0.15) is 6.10 Å². The molecule has 1 heterocycles. The zero-order valence-corrected chi connectivity index (χ0v) is 15.1. The summed E-state index contributed by atoms with van der Waals surface area (Å²) in [5, 5.41) is 4.04. The number of carbonyl (C=O) groups excluding carboxylic acids is 1. The molecule has 1 atom stereocenters. The van der Waals surface area contributed by atoms with Gasteiger partial charge in [-0.25, -0.2) is 9.78 Å². The predicted octanol–water partition coefficient (Wildman–Crippen LogP) is 5.75. The van der Waals surface area contributed by atoms with Crippen molar-refractivity contribution in [2.24, 2.45) is 5.92 Å². The van der Waals surface area contributed by atoms with E-state index in [9.17, 15) is 4.79 Å². The summed E-state index contributed by atoms with van der Waals surface area (Å²) in [5.41, 5.74) is 2.05. The Morgan fingerprint density at radius 2 is 2.04 bits per heavy atom. The number of rotatable bonds is 4. The minimum absolute atomic E-state index is 0.0303. The second kappa shape index (κ2) is 6.98. The van der Waals surface area contributed by atoms with Crippen LogP contribution in [0.4, 0.5) is 10.6 Å². The maximum absolute atomic E-state index is 11.9. The number of amides is 1. The molecule has 2 aromatic rings. The van der Waals surface area contributed by atoms with Gasteiger partial charge in [-0.2, -0.15) is 0 Å². The molecule has 1 unspecified atom stereocenters. The average Bonchev–Trinajstić information content (AvgIpc) is 2.50. The normalized spacial score (nSPS) is 16.0. The largest absolute Gasteiger partial charge is 0.446 e. The lowest BCUT2D eigenvalue weighted by atomic mass is 9.90. The lowest BCUT2D eigenvalue weighted by molar-refractivity contribution is 0.0623. The number of fused-ring (bicyclic) bond motifs is 1. The predicted molar refractivity (Wildman–Crippen MR) is 97.7 cm³/mol. The van der Waals surface area contributed by atoms with Crippen LogP contribution in [0.1, 0.15) is 51.5 Å². The van der Waals surface area contributed by atoms with Crippen LogP contribution >= 0.6 is 11.6 Å². The molecule has 0 saturated heterocycles. The van der Waals surface area contributed by atoms with E-state index in [1.807, 2.05) is 12.1 Å². The van der Waals surface area contributed by atoms with Crippen LogP contribution in [0, 0.1) is 5.92 Å². The molecule has 0 aliphatic heterocycles. The van der Waals surface area contributed by atoms with Crippen LogP contribution < -0.4 is 5.32 Å². The SMILES string of the molecule is CC(C)C(C)c1ccc2cc(Cl)c(NC(=O)OC3CCC3)nc2c1. The number of pyridine rings is 1. The van der Waals surface area contributed by atoms with Gasteiger partial charge in [0, 0.05) is 5.39 Å². The Morgan fingerprint density at radius 1 is 1.29 bits per heavy atom. The fourth-order valence-corrected chi connectivity index (χ4v) is 2.89. The van der Waals surface area contributed by atoms with E-state index in [1.54, 1.807) is 0 Å². The summed E-state index contributed by atoms with van der Waals surface area (Å²) in [7, 11) is 0. The minimum atomic E-state index is -0.486. The summed E-state index contributed by atoms with van der Waals surface area (Å²) in [4.78, 5) is 16.5. The molecule has 1 aromatic carbocycles. The summed E-state index contributed by atoms with van der Waals surface area (Å²) in [5.74, 6) is 1.33. The minimum Gasteiger partial charge on any atom is -0.446 e. The smallest absolute Gasteiger partial charge is 0.413 e. The maximum Gasteiger partial charge on any atom is 0.413 e. The van der Waals surface area contributed by atoms with E-state index in [-0.39, 0.29) is 6.10 Å². The molecule has 1 saturated carbocycles. The molecule has 4 nitrogen and oxygen atoms in total. The molecular weight excluding hydrogens is 324 g/mol. The number of ether oxygens (including phenoxy) is 1. The van der Waals surface area contributed by atoms with Gasteiger partial charge in [-0.1, -0.05) is 44.5 Å². The first-order chi connectivity index (χ1) is 11.4. The number of anilines is 1. The van der Waals surface area contributed by atoms with Crippen molar-refractivity contribution in [2.75, 3.05) is 5.32 Å². The van der Waals surface area contributed by atoms with Crippen LogP contribution in [-0.2, 0) is 4.74 Å². The van der Waals surface area contributed by atoms with Gasteiger partial charge in [0.05, 0.1) is 10.5 Å². The number of halogens is 1. The standard InChI is InChI=1S/C19H23ClN2O2/c1-11(2)12(3)13-7-8-14-9-16(20)18(21-17(14)10-13)22-19(23)24-15-5-4-6-15/h7-12,15H,4-6H2,1-3H3,(H,21,22,23). The molecule has 5 heteroatoms. The first-order valence-corrected chi connectivity index (χ1v) is 8.89. The molecule has 0 radical (unpaired) electrons. The highest BCUT2D eigenvalue weighted by molar-refractivity contribution is 6.34. The van der Waals surface area contributed by atoms with Crippen molar-refractivity contribution in [2.45, 2.75) is 52.1 Å². The quantitative estimate of drug-likeness (QED) is 0.766. The van der Waals surface area contributed by atoms with Crippen molar-refractivity contribution in [3.05, 3.63) is 34.9 Å². The molecule has 1 fully saturated rings. The molecule has 0 bridgehead atoms. The van der Waals surface area contributed by atoms with Crippen LogP contribution in [0.2, 0.25) is 5.02 Å². The fourth-order valence-electron chi connectivity index (χ4n) is 2.68. The summed E-state index contributed by atoms with van der Waals surface area (Å²) < 4.78 is 5.30. The Morgan fingerprint density at radius 3 is 2.67 bits per heavy atom. The summed E-state index contributed by atoms with van der Waals surface area (Å²) in [6, 6.07) is 8.04. The van der Waals surface area contributed by atoms with E-state index in [2.05, 4.69) is 43.2 Å². The fraction of sp³-hybridized carbons (Fsp3) is 0.474. The van der Waals surface area contributed by atoms with Crippen LogP contribution in [-0.4, -0.2) is 17.2 Å². The Balaban J connectivity index is 1.84. The summed E-state index contributed by atoms with van der Waals surface area (Å²) in [6.45, 7) is 6.61. The highest BCUT2D eigenvalue weighted by Crippen LogP contribution is 2.30. The Hall–Kier alpha value is -1.81. The van der Waals surface area contributed by atoms with E-state index < -0.39 is 6.09 Å². The van der Waals surface area contributed by atoms with Gasteiger partial charge in [-0.15, -0.1) is 0 Å². The maximum atomic E-state index is 11.9. The molecule has 3 rings (SSSR count). The molecule has 128 valence electrons.